The van der Waals surface area contributed by atoms with Crippen LogP contribution >= 0.6 is 0 Å². The van der Waals surface area contributed by atoms with E-state index >= 15 is 0 Å². The summed E-state index contributed by atoms with van der Waals surface area (Å²) in [5.41, 5.74) is 5.60. The van der Waals surface area contributed by atoms with Crippen molar-refractivity contribution in [3.05, 3.63) is 53.6 Å². The summed E-state index contributed by atoms with van der Waals surface area (Å²) in [4.78, 5) is 14.1. The van der Waals surface area contributed by atoms with Gasteiger partial charge in [0.1, 0.15) is 0 Å². The molecule has 0 aromatic heterocycles. The predicted molar refractivity (Wildman–Crippen MR) is 103 cm³/mol. The number of amides is 1. The number of hydrogen-bond acceptors (Lipinski definition) is 3. The molecule has 2 aromatic carbocycles. The van der Waals surface area contributed by atoms with E-state index in [1.165, 1.54) is 11.1 Å². The van der Waals surface area contributed by atoms with Gasteiger partial charge < -0.3 is 15.5 Å². The van der Waals surface area contributed by atoms with Crippen molar-refractivity contribution in [2.75, 3.05) is 36.2 Å². The largest absolute Gasteiger partial charge is 0.384 e. The Bertz CT molecular complexity index is 678. The lowest BCUT2D eigenvalue weighted by Gasteiger charge is -2.14. The summed E-state index contributed by atoms with van der Waals surface area (Å²) in [6.45, 7) is 4.86. The quantitative estimate of drug-likeness (QED) is 0.807. The van der Waals surface area contributed by atoms with Gasteiger partial charge >= 0.3 is 0 Å². The zero-order valence-electron chi connectivity index (χ0n) is 15.0. The summed E-state index contributed by atoms with van der Waals surface area (Å²) in [6, 6.07) is 14.1. The summed E-state index contributed by atoms with van der Waals surface area (Å²) in [5, 5.41) is 6.35. The average Bonchev–Trinajstić information content (AvgIpc) is 2.56. The van der Waals surface area contributed by atoms with Crippen LogP contribution in [-0.2, 0) is 11.2 Å². The highest BCUT2D eigenvalue weighted by molar-refractivity contribution is 5.91. The van der Waals surface area contributed by atoms with Crippen molar-refractivity contribution in [3.8, 4) is 0 Å². The predicted octanol–water partition coefficient (Wildman–Crippen LogP) is 4.06. The number of carbonyl (C=O) groups excluding carboxylic acids is 1. The molecule has 24 heavy (non-hydrogen) atoms. The highest BCUT2D eigenvalue weighted by Crippen LogP contribution is 2.21. The second-order valence-corrected chi connectivity index (χ2v) is 6.13. The first-order valence-corrected chi connectivity index (χ1v) is 8.41. The Morgan fingerprint density at radius 2 is 1.79 bits per heavy atom. The van der Waals surface area contributed by atoms with Crippen LogP contribution in [0.1, 0.15) is 24.5 Å². The molecular formula is C20H27N3O. The fourth-order valence-electron chi connectivity index (χ4n) is 2.64. The maximum absolute atomic E-state index is 12.1. The first-order valence-electron chi connectivity index (χ1n) is 8.41. The van der Waals surface area contributed by atoms with Crippen molar-refractivity contribution in [1.82, 2.24) is 0 Å². The van der Waals surface area contributed by atoms with Crippen LogP contribution < -0.4 is 15.5 Å². The third-order valence-corrected chi connectivity index (χ3v) is 4.06. The molecule has 0 aliphatic carbocycles. The van der Waals surface area contributed by atoms with E-state index in [0.717, 1.165) is 23.5 Å². The molecule has 128 valence electrons. The number of hydrogen-bond donors (Lipinski definition) is 2. The van der Waals surface area contributed by atoms with E-state index in [4.69, 9.17) is 0 Å². The van der Waals surface area contributed by atoms with Crippen LogP contribution in [0, 0.1) is 6.92 Å². The fraction of sp³-hybridized carbons (Fsp3) is 0.350. The van der Waals surface area contributed by atoms with Crippen molar-refractivity contribution in [2.45, 2.75) is 26.7 Å². The van der Waals surface area contributed by atoms with E-state index in [0.29, 0.717) is 13.0 Å². The molecule has 4 heteroatoms. The molecule has 0 aliphatic rings. The van der Waals surface area contributed by atoms with Crippen LogP contribution in [0.4, 0.5) is 17.1 Å². The minimum Gasteiger partial charge on any atom is -0.384 e. The van der Waals surface area contributed by atoms with E-state index in [1.54, 1.807) is 0 Å². The van der Waals surface area contributed by atoms with E-state index in [-0.39, 0.29) is 5.91 Å². The lowest BCUT2D eigenvalue weighted by molar-refractivity contribution is -0.115. The monoisotopic (exact) mass is 325 g/mol. The van der Waals surface area contributed by atoms with E-state index < -0.39 is 0 Å². The first-order chi connectivity index (χ1) is 11.5. The van der Waals surface area contributed by atoms with Crippen LogP contribution in [0.3, 0.4) is 0 Å². The number of rotatable bonds is 7. The molecule has 0 heterocycles. The Kier molecular flexibility index (Phi) is 6.24. The summed E-state index contributed by atoms with van der Waals surface area (Å²) in [7, 11) is 3.99. The summed E-state index contributed by atoms with van der Waals surface area (Å²) < 4.78 is 0. The molecular weight excluding hydrogens is 298 g/mol. The number of anilines is 3. The Morgan fingerprint density at radius 1 is 1.08 bits per heavy atom. The van der Waals surface area contributed by atoms with Gasteiger partial charge in [-0.05, 0) is 48.7 Å². The van der Waals surface area contributed by atoms with Crippen molar-refractivity contribution >= 4 is 23.0 Å². The Balaban J connectivity index is 1.85. The van der Waals surface area contributed by atoms with Gasteiger partial charge in [0.25, 0.3) is 0 Å². The zero-order valence-corrected chi connectivity index (χ0v) is 15.0. The lowest BCUT2D eigenvalue weighted by atomic mass is 10.1. The van der Waals surface area contributed by atoms with E-state index in [1.807, 2.05) is 43.3 Å². The third-order valence-electron chi connectivity index (χ3n) is 4.06. The maximum Gasteiger partial charge on any atom is 0.226 e. The SMILES string of the molecule is CCc1cccc(C)c1NCCC(=O)Nc1ccc(N(C)C)cc1. The van der Waals surface area contributed by atoms with Crippen LogP contribution in [0.2, 0.25) is 0 Å². The molecule has 0 fully saturated rings. The standard InChI is InChI=1S/C20H27N3O/c1-5-16-8-6-7-15(2)20(16)21-14-13-19(24)22-17-9-11-18(12-10-17)23(3)4/h6-12,21H,5,13-14H2,1-4H3,(H,22,24). The second-order valence-electron chi connectivity index (χ2n) is 6.13. The van der Waals surface area contributed by atoms with Gasteiger partial charge in [-0.1, -0.05) is 25.1 Å². The highest BCUT2D eigenvalue weighted by Gasteiger charge is 2.06. The van der Waals surface area contributed by atoms with Crippen LogP contribution in [0.15, 0.2) is 42.5 Å². The van der Waals surface area contributed by atoms with Gasteiger partial charge in [-0.2, -0.15) is 0 Å². The molecule has 0 unspecified atom stereocenters. The lowest BCUT2D eigenvalue weighted by Crippen LogP contribution is -2.17. The fourth-order valence-corrected chi connectivity index (χ4v) is 2.64. The number of nitrogens with one attached hydrogen (secondary N) is 2. The normalized spacial score (nSPS) is 10.3. The maximum atomic E-state index is 12.1. The summed E-state index contributed by atoms with van der Waals surface area (Å²) >= 11 is 0. The van der Waals surface area contributed by atoms with Gasteiger partial charge in [0, 0.05) is 44.1 Å². The van der Waals surface area contributed by atoms with Gasteiger partial charge in [-0.15, -0.1) is 0 Å². The van der Waals surface area contributed by atoms with E-state index in [2.05, 4.69) is 42.7 Å². The molecule has 0 bridgehead atoms. The first kappa shape index (κ1) is 17.9. The average molecular weight is 325 g/mol. The molecule has 0 saturated heterocycles. The zero-order chi connectivity index (χ0) is 17.5. The van der Waals surface area contributed by atoms with Gasteiger partial charge in [0.15, 0.2) is 0 Å². The smallest absolute Gasteiger partial charge is 0.226 e. The molecule has 0 saturated carbocycles. The number of nitrogens with zero attached hydrogens (tertiary/aromatic N) is 1. The van der Waals surface area contributed by atoms with Crippen molar-refractivity contribution in [2.24, 2.45) is 0 Å². The Hall–Kier alpha value is -2.49. The number of aryl methyl sites for hydroxylation is 2. The molecule has 2 rings (SSSR count). The van der Waals surface area contributed by atoms with Gasteiger partial charge in [-0.25, -0.2) is 0 Å². The minimum atomic E-state index is 0.0201. The van der Waals surface area contributed by atoms with Crippen LogP contribution in [-0.4, -0.2) is 26.5 Å². The van der Waals surface area contributed by atoms with Gasteiger partial charge in [0.05, 0.1) is 0 Å². The van der Waals surface area contributed by atoms with Gasteiger partial charge in [-0.3, -0.25) is 4.79 Å². The van der Waals surface area contributed by atoms with Crippen LogP contribution in [0.25, 0.3) is 0 Å². The highest BCUT2D eigenvalue weighted by atomic mass is 16.1. The molecule has 2 aromatic rings. The topological polar surface area (TPSA) is 44.4 Å². The molecule has 0 spiro atoms. The summed E-state index contributed by atoms with van der Waals surface area (Å²) in [6.07, 6.45) is 1.42. The molecule has 0 aliphatic heterocycles. The van der Waals surface area contributed by atoms with Crippen molar-refractivity contribution < 1.29 is 4.79 Å². The molecule has 1 amide bonds. The minimum absolute atomic E-state index is 0.0201. The summed E-state index contributed by atoms with van der Waals surface area (Å²) in [5.74, 6) is 0.0201. The van der Waals surface area contributed by atoms with Gasteiger partial charge in [0.2, 0.25) is 5.91 Å². The molecule has 2 N–H and O–H groups in total. The Labute approximate surface area is 144 Å². The number of benzene rings is 2. The number of carbonyl (C=O) groups is 1. The van der Waals surface area contributed by atoms with Crippen molar-refractivity contribution in [3.63, 3.8) is 0 Å². The molecule has 0 atom stereocenters. The molecule has 4 nitrogen and oxygen atoms in total. The van der Waals surface area contributed by atoms with Crippen molar-refractivity contribution in [1.29, 1.82) is 0 Å². The van der Waals surface area contributed by atoms with E-state index in [9.17, 15) is 4.79 Å². The Morgan fingerprint density at radius 3 is 2.42 bits per heavy atom. The number of para-hydroxylation sites is 1. The second kappa shape index (κ2) is 8.39. The third kappa shape index (κ3) is 4.75. The molecule has 0 radical (unpaired) electrons. The van der Waals surface area contributed by atoms with Crippen LogP contribution in [0.5, 0.6) is 0 Å².